The van der Waals surface area contributed by atoms with Gasteiger partial charge in [0.15, 0.2) is 17.6 Å². The van der Waals surface area contributed by atoms with Crippen molar-refractivity contribution >= 4 is 23.2 Å². The molecule has 1 amide bonds. The minimum absolute atomic E-state index is 0.0458. The Bertz CT molecular complexity index is 958. The van der Waals surface area contributed by atoms with E-state index in [-0.39, 0.29) is 23.5 Å². The van der Waals surface area contributed by atoms with Gasteiger partial charge in [0.05, 0.1) is 13.1 Å². The van der Waals surface area contributed by atoms with E-state index >= 15 is 0 Å². The van der Waals surface area contributed by atoms with Crippen molar-refractivity contribution in [3.8, 4) is 0 Å². The normalized spacial score (nSPS) is 18.2. The lowest BCUT2D eigenvalue weighted by Crippen LogP contribution is -3.16. The molecule has 0 radical (unpaired) electrons. The number of quaternary nitrogens is 1. The number of hydrogen-bond acceptors (Lipinski definition) is 3. The fraction of sp³-hybridized carbons (Fsp3) is 0.375. The van der Waals surface area contributed by atoms with Crippen LogP contribution in [0.5, 0.6) is 0 Å². The van der Waals surface area contributed by atoms with E-state index in [4.69, 9.17) is 0 Å². The van der Waals surface area contributed by atoms with Crippen molar-refractivity contribution in [2.45, 2.75) is 45.1 Å². The number of carbonyl (C=O) groups excluding carboxylic acids is 3. The highest BCUT2D eigenvalue weighted by Crippen LogP contribution is 2.29. The minimum Gasteiger partial charge on any atom is -0.325 e. The van der Waals surface area contributed by atoms with Crippen molar-refractivity contribution in [1.82, 2.24) is 0 Å². The molecule has 0 aromatic heterocycles. The third kappa shape index (κ3) is 3.87. The molecule has 0 unspecified atom stereocenters. The van der Waals surface area contributed by atoms with Gasteiger partial charge in [-0.2, -0.15) is 0 Å². The highest BCUT2D eigenvalue weighted by atomic mass is 16.2. The first-order valence-electron chi connectivity index (χ1n) is 10.5. The Morgan fingerprint density at radius 2 is 1.38 bits per heavy atom. The monoisotopic (exact) mass is 391 g/mol. The number of amides is 1. The maximum atomic E-state index is 12.9. The van der Waals surface area contributed by atoms with Crippen molar-refractivity contribution in [2.75, 3.05) is 18.4 Å². The molecule has 0 saturated carbocycles. The van der Waals surface area contributed by atoms with E-state index in [9.17, 15) is 14.4 Å². The predicted octanol–water partition coefficient (Wildman–Crippen LogP) is 2.64. The van der Waals surface area contributed by atoms with Crippen LogP contribution in [0, 0.1) is 0 Å². The molecular formula is C24H27N2O3+. The van der Waals surface area contributed by atoms with Crippen molar-refractivity contribution in [1.29, 1.82) is 0 Å². The van der Waals surface area contributed by atoms with E-state index in [1.54, 1.807) is 42.5 Å². The van der Waals surface area contributed by atoms with E-state index in [1.807, 2.05) is 6.92 Å². The van der Waals surface area contributed by atoms with E-state index in [1.165, 1.54) is 24.2 Å². The molecule has 0 spiro atoms. The molecule has 2 N–H and O–H groups in total. The summed E-state index contributed by atoms with van der Waals surface area (Å²) in [6.45, 7) is 4.00. The summed E-state index contributed by atoms with van der Waals surface area (Å²) in [6, 6.07) is 11.7. The van der Waals surface area contributed by atoms with Gasteiger partial charge in [-0.1, -0.05) is 30.7 Å². The van der Waals surface area contributed by atoms with Crippen LogP contribution in [0.3, 0.4) is 0 Å². The molecule has 29 heavy (non-hydrogen) atoms. The molecule has 1 fully saturated rings. The van der Waals surface area contributed by atoms with Gasteiger partial charge < -0.3 is 10.2 Å². The van der Waals surface area contributed by atoms with Gasteiger partial charge in [-0.25, -0.2) is 0 Å². The molecule has 1 saturated heterocycles. The van der Waals surface area contributed by atoms with Crippen LogP contribution in [0.25, 0.3) is 0 Å². The summed E-state index contributed by atoms with van der Waals surface area (Å²) in [5, 5.41) is 2.96. The third-order valence-corrected chi connectivity index (χ3v) is 6.19. The number of anilines is 1. The lowest BCUT2D eigenvalue weighted by Gasteiger charge is -2.27. The molecule has 150 valence electrons. The third-order valence-electron chi connectivity index (χ3n) is 6.19. The fourth-order valence-electron chi connectivity index (χ4n) is 4.41. The Labute approximate surface area is 171 Å². The molecule has 2 aromatic carbocycles. The number of ketones is 2. The maximum Gasteiger partial charge on any atom is 0.282 e. The van der Waals surface area contributed by atoms with Gasteiger partial charge >= 0.3 is 0 Å². The molecule has 1 aliphatic heterocycles. The topological polar surface area (TPSA) is 67.7 Å². The second-order valence-corrected chi connectivity index (χ2v) is 8.10. The summed E-state index contributed by atoms with van der Waals surface area (Å²) in [6.07, 6.45) is 6.07. The van der Waals surface area contributed by atoms with Gasteiger partial charge in [-0.3, -0.25) is 14.4 Å². The number of rotatable bonds is 3. The summed E-state index contributed by atoms with van der Waals surface area (Å²) in [4.78, 5) is 39.8. The predicted molar refractivity (Wildman–Crippen MR) is 112 cm³/mol. The van der Waals surface area contributed by atoms with Gasteiger partial charge in [0.2, 0.25) is 0 Å². The van der Waals surface area contributed by atoms with Gasteiger partial charge in [0, 0.05) is 27.9 Å². The number of fused-ring (bicyclic) bond motifs is 2. The van der Waals surface area contributed by atoms with Crippen LogP contribution in [0.15, 0.2) is 42.5 Å². The molecule has 5 heteroatoms. The molecule has 2 aliphatic rings. The smallest absolute Gasteiger partial charge is 0.282 e. The number of hydrogen-bond donors (Lipinski definition) is 2. The molecule has 0 bridgehead atoms. The van der Waals surface area contributed by atoms with E-state index in [0.29, 0.717) is 27.9 Å². The summed E-state index contributed by atoms with van der Waals surface area (Å²) >= 11 is 0. The Morgan fingerprint density at radius 1 is 0.828 bits per heavy atom. The van der Waals surface area contributed by atoms with E-state index in [2.05, 4.69) is 5.32 Å². The Hall–Kier alpha value is -2.79. The van der Waals surface area contributed by atoms with Gasteiger partial charge in [-0.15, -0.1) is 0 Å². The average molecular weight is 391 g/mol. The van der Waals surface area contributed by atoms with Crippen LogP contribution in [0.1, 0.15) is 70.9 Å². The van der Waals surface area contributed by atoms with Crippen LogP contribution in [0.4, 0.5) is 5.69 Å². The largest absolute Gasteiger partial charge is 0.325 e. The average Bonchev–Trinajstić information content (AvgIpc) is 2.71. The van der Waals surface area contributed by atoms with Crippen molar-refractivity contribution in [2.24, 2.45) is 0 Å². The number of carbonyl (C=O) groups is 3. The minimum atomic E-state index is -0.172. The van der Waals surface area contributed by atoms with E-state index in [0.717, 1.165) is 25.9 Å². The second kappa shape index (κ2) is 8.29. The zero-order valence-corrected chi connectivity index (χ0v) is 16.8. The van der Waals surface area contributed by atoms with Gasteiger partial charge in [-0.05, 0) is 50.8 Å². The van der Waals surface area contributed by atoms with Crippen molar-refractivity contribution < 1.29 is 19.3 Å². The summed E-state index contributed by atoms with van der Waals surface area (Å²) < 4.78 is 0. The molecule has 1 heterocycles. The maximum absolute atomic E-state index is 12.9. The fourth-order valence-corrected chi connectivity index (χ4v) is 4.41. The second-order valence-electron chi connectivity index (χ2n) is 8.10. The van der Waals surface area contributed by atoms with Crippen molar-refractivity contribution in [3.05, 3.63) is 64.7 Å². The number of nitrogens with one attached hydrogen (secondary N) is 2. The zero-order chi connectivity index (χ0) is 20.4. The molecule has 2 aromatic rings. The van der Waals surface area contributed by atoms with Gasteiger partial charge in [0.25, 0.3) is 5.91 Å². The Morgan fingerprint density at radius 3 is 2.03 bits per heavy atom. The standard InChI is InChI=1S/C24H26N2O3/c1-16(26-13-7-3-2-4-8-14-26)24(29)25-17-11-12-20-21(15-17)23(28)19-10-6-5-9-18(19)22(20)27/h5-6,9-12,15-16H,2-4,7-8,13-14H2,1H3,(H,25,29)/p+1/t16-/m1/s1. The molecular weight excluding hydrogens is 364 g/mol. The zero-order valence-electron chi connectivity index (χ0n) is 16.8. The van der Waals surface area contributed by atoms with Crippen LogP contribution in [-0.2, 0) is 4.79 Å². The molecule has 4 rings (SSSR count). The first-order valence-corrected chi connectivity index (χ1v) is 10.5. The number of likely N-dealkylation sites (tertiary alicyclic amines) is 1. The molecule has 5 nitrogen and oxygen atoms in total. The molecule has 1 atom stereocenters. The van der Waals surface area contributed by atoms with Crippen LogP contribution in [-0.4, -0.2) is 36.6 Å². The lowest BCUT2D eigenvalue weighted by molar-refractivity contribution is -0.914. The summed E-state index contributed by atoms with van der Waals surface area (Å²) in [5.74, 6) is -0.365. The lowest BCUT2D eigenvalue weighted by atomic mass is 9.84. The van der Waals surface area contributed by atoms with Crippen LogP contribution < -0.4 is 10.2 Å². The quantitative estimate of drug-likeness (QED) is 0.721. The SMILES string of the molecule is C[C@H](C(=O)Nc1ccc2c(c1)C(=O)c1ccccc1C2=O)[NH+]1CCCCCCC1. The highest BCUT2D eigenvalue weighted by molar-refractivity contribution is 6.28. The number of benzene rings is 2. The Balaban J connectivity index is 1.52. The highest BCUT2D eigenvalue weighted by Gasteiger charge is 2.30. The van der Waals surface area contributed by atoms with Crippen LogP contribution >= 0.6 is 0 Å². The Kier molecular flexibility index (Phi) is 5.58. The first-order chi connectivity index (χ1) is 14.1. The van der Waals surface area contributed by atoms with Gasteiger partial charge in [0.1, 0.15) is 0 Å². The van der Waals surface area contributed by atoms with Crippen LogP contribution in [0.2, 0.25) is 0 Å². The van der Waals surface area contributed by atoms with Crippen molar-refractivity contribution in [3.63, 3.8) is 0 Å². The summed E-state index contributed by atoms with van der Waals surface area (Å²) in [5.41, 5.74) is 2.18. The summed E-state index contributed by atoms with van der Waals surface area (Å²) in [7, 11) is 0. The first kappa shape index (κ1) is 19.5. The molecule has 1 aliphatic carbocycles. The van der Waals surface area contributed by atoms with E-state index < -0.39 is 0 Å².